The topological polar surface area (TPSA) is 85.3 Å². The number of primary amides is 1. The quantitative estimate of drug-likeness (QED) is 0.740. The molecule has 1 atom stereocenters. The SMILES string of the molecule is NC(=O)c1cccc2c1C(c1cn3ccncc3n1)NCC2. The summed E-state index contributed by atoms with van der Waals surface area (Å²) in [7, 11) is 0. The Morgan fingerprint density at radius 1 is 1.41 bits per heavy atom. The number of nitrogens with zero attached hydrogens (tertiary/aromatic N) is 3. The van der Waals surface area contributed by atoms with E-state index in [1.165, 1.54) is 0 Å². The summed E-state index contributed by atoms with van der Waals surface area (Å²) in [6.45, 7) is 0.839. The van der Waals surface area contributed by atoms with Crippen LogP contribution in [0.15, 0.2) is 43.0 Å². The molecule has 1 amide bonds. The van der Waals surface area contributed by atoms with Crippen LogP contribution in [-0.2, 0) is 6.42 Å². The Hall–Kier alpha value is -2.73. The van der Waals surface area contributed by atoms with Crippen LogP contribution in [0.1, 0.15) is 33.2 Å². The number of nitrogens with one attached hydrogen (secondary N) is 1. The highest BCUT2D eigenvalue weighted by atomic mass is 16.1. The van der Waals surface area contributed by atoms with Crippen LogP contribution in [0.25, 0.3) is 5.65 Å². The van der Waals surface area contributed by atoms with E-state index < -0.39 is 5.91 Å². The van der Waals surface area contributed by atoms with Gasteiger partial charge in [-0.05, 0) is 23.6 Å². The molecule has 6 heteroatoms. The van der Waals surface area contributed by atoms with Gasteiger partial charge in [0.1, 0.15) is 0 Å². The maximum atomic E-state index is 11.8. The number of nitrogens with two attached hydrogens (primary N) is 1. The van der Waals surface area contributed by atoms with E-state index in [9.17, 15) is 4.79 Å². The first kappa shape index (κ1) is 13.0. The molecule has 2 aromatic heterocycles. The van der Waals surface area contributed by atoms with Crippen LogP contribution in [0.3, 0.4) is 0 Å². The maximum Gasteiger partial charge on any atom is 0.249 e. The zero-order valence-corrected chi connectivity index (χ0v) is 11.9. The molecule has 1 aliphatic rings. The molecule has 1 aliphatic heterocycles. The van der Waals surface area contributed by atoms with Gasteiger partial charge in [0.25, 0.3) is 0 Å². The fraction of sp³-hybridized carbons (Fsp3) is 0.188. The molecule has 3 aromatic rings. The lowest BCUT2D eigenvalue weighted by molar-refractivity contribution is 0.0998. The van der Waals surface area contributed by atoms with Gasteiger partial charge in [0.05, 0.1) is 17.9 Å². The molecular weight excluding hydrogens is 278 g/mol. The Balaban J connectivity index is 1.90. The Labute approximate surface area is 127 Å². The van der Waals surface area contributed by atoms with E-state index in [4.69, 9.17) is 5.73 Å². The molecule has 0 fully saturated rings. The molecule has 0 saturated heterocycles. The summed E-state index contributed by atoms with van der Waals surface area (Å²) in [5, 5.41) is 3.44. The predicted molar refractivity (Wildman–Crippen MR) is 81.5 cm³/mol. The Bertz CT molecular complexity index is 837. The molecule has 3 heterocycles. The second-order valence-electron chi connectivity index (χ2n) is 5.39. The Kier molecular flexibility index (Phi) is 2.90. The van der Waals surface area contributed by atoms with Crippen molar-refractivity contribution < 1.29 is 4.79 Å². The van der Waals surface area contributed by atoms with E-state index in [2.05, 4.69) is 15.3 Å². The molecule has 1 aromatic carbocycles. The minimum absolute atomic E-state index is 0.132. The molecule has 0 aliphatic carbocycles. The van der Waals surface area contributed by atoms with Crippen molar-refractivity contribution in [1.82, 2.24) is 19.7 Å². The minimum Gasteiger partial charge on any atom is -0.366 e. The number of hydrogen-bond acceptors (Lipinski definition) is 4. The highest BCUT2D eigenvalue weighted by molar-refractivity contribution is 5.95. The molecule has 6 nitrogen and oxygen atoms in total. The first-order chi connectivity index (χ1) is 10.7. The number of imidazole rings is 1. The first-order valence-electron chi connectivity index (χ1n) is 7.17. The van der Waals surface area contributed by atoms with Gasteiger partial charge in [-0.3, -0.25) is 9.78 Å². The molecule has 3 N–H and O–H groups in total. The number of amides is 1. The summed E-state index contributed by atoms with van der Waals surface area (Å²) in [6, 6.07) is 5.58. The number of hydrogen-bond donors (Lipinski definition) is 2. The van der Waals surface area contributed by atoms with Gasteiger partial charge < -0.3 is 15.5 Å². The van der Waals surface area contributed by atoms with Crippen LogP contribution in [0.2, 0.25) is 0 Å². The molecule has 0 saturated carbocycles. The third kappa shape index (κ3) is 1.96. The number of carbonyl (C=O) groups is 1. The van der Waals surface area contributed by atoms with E-state index in [-0.39, 0.29) is 6.04 Å². The van der Waals surface area contributed by atoms with Crippen molar-refractivity contribution in [3.05, 3.63) is 65.4 Å². The van der Waals surface area contributed by atoms with Crippen molar-refractivity contribution in [2.24, 2.45) is 5.73 Å². The maximum absolute atomic E-state index is 11.8. The van der Waals surface area contributed by atoms with Gasteiger partial charge in [-0.15, -0.1) is 0 Å². The van der Waals surface area contributed by atoms with Crippen molar-refractivity contribution in [3.8, 4) is 0 Å². The van der Waals surface area contributed by atoms with Crippen LogP contribution in [0, 0.1) is 0 Å². The van der Waals surface area contributed by atoms with E-state index in [1.54, 1.807) is 18.5 Å². The van der Waals surface area contributed by atoms with Crippen molar-refractivity contribution in [2.45, 2.75) is 12.5 Å². The van der Waals surface area contributed by atoms with E-state index in [0.717, 1.165) is 35.4 Å². The fourth-order valence-corrected chi connectivity index (χ4v) is 3.09. The fourth-order valence-electron chi connectivity index (χ4n) is 3.09. The summed E-state index contributed by atoms with van der Waals surface area (Å²) in [6.07, 6.45) is 8.13. The van der Waals surface area contributed by atoms with Crippen molar-refractivity contribution in [1.29, 1.82) is 0 Å². The van der Waals surface area contributed by atoms with Gasteiger partial charge in [-0.2, -0.15) is 0 Å². The standard InChI is InChI=1S/C16H15N5O/c17-16(22)11-3-1-2-10-4-5-19-15(14(10)11)12-9-21-7-6-18-8-13(21)20-12/h1-3,6-9,15,19H,4-5H2,(H2,17,22). The van der Waals surface area contributed by atoms with Crippen LogP contribution >= 0.6 is 0 Å². The van der Waals surface area contributed by atoms with Crippen molar-refractivity contribution in [2.75, 3.05) is 6.54 Å². The summed E-state index contributed by atoms with van der Waals surface area (Å²) >= 11 is 0. The van der Waals surface area contributed by atoms with Gasteiger partial charge in [-0.25, -0.2) is 4.98 Å². The molecule has 0 radical (unpaired) electrons. The summed E-state index contributed by atoms with van der Waals surface area (Å²) in [5.74, 6) is -0.406. The molecule has 4 rings (SSSR count). The second kappa shape index (κ2) is 4.92. The average molecular weight is 293 g/mol. The molecule has 0 bridgehead atoms. The van der Waals surface area contributed by atoms with Crippen molar-refractivity contribution >= 4 is 11.6 Å². The first-order valence-corrected chi connectivity index (χ1v) is 7.17. The van der Waals surface area contributed by atoms with Crippen LogP contribution in [-0.4, -0.2) is 26.8 Å². The Morgan fingerprint density at radius 3 is 3.14 bits per heavy atom. The number of aromatic nitrogens is 3. The number of carbonyl (C=O) groups excluding carboxylic acids is 1. The lowest BCUT2D eigenvalue weighted by Crippen LogP contribution is -2.33. The lowest BCUT2D eigenvalue weighted by Gasteiger charge is -2.27. The van der Waals surface area contributed by atoms with Crippen molar-refractivity contribution in [3.63, 3.8) is 0 Å². The molecule has 0 spiro atoms. The van der Waals surface area contributed by atoms with Gasteiger partial charge in [0.2, 0.25) is 5.91 Å². The summed E-state index contributed by atoms with van der Waals surface area (Å²) in [5.41, 5.74) is 9.85. The second-order valence-corrected chi connectivity index (χ2v) is 5.39. The third-order valence-corrected chi connectivity index (χ3v) is 4.07. The normalized spacial score (nSPS) is 17.4. The minimum atomic E-state index is -0.406. The monoisotopic (exact) mass is 293 g/mol. The number of fused-ring (bicyclic) bond motifs is 2. The molecule has 22 heavy (non-hydrogen) atoms. The van der Waals surface area contributed by atoms with Gasteiger partial charge in [0, 0.05) is 30.7 Å². The number of rotatable bonds is 2. The Morgan fingerprint density at radius 2 is 2.32 bits per heavy atom. The largest absolute Gasteiger partial charge is 0.366 e. The predicted octanol–water partition coefficient (Wildman–Crippen LogP) is 1.06. The summed E-state index contributed by atoms with van der Waals surface area (Å²) in [4.78, 5) is 20.5. The average Bonchev–Trinajstić information content (AvgIpc) is 2.97. The lowest BCUT2D eigenvalue weighted by atomic mass is 9.88. The van der Waals surface area contributed by atoms with Gasteiger partial charge in [-0.1, -0.05) is 12.1 Å². The summed E-state index contributed by atoms with van der Waals surface area (Å²) < 4.78 is 1.92. The highest BCUT2D eigenvalue weighted by Gasteiger charge is 2.27. The van der Waals surface area contributed by atoms with E-state index >= 15 is 0 Å². The molecule has 110 valence electrons. The van der Waals surface area contributed by atoms with E-state index in [0.29, 0.717) is 5.56 Å². The van der Waals surface area contributed by atoms with Gasteiger partial charge in [0.15, 0.2) is 5.65 Å². The van der Waals surface area contributed by atoms with Crippen LogP contribution in [0.5, 0.6) is 0 Å². The third-order valence-electron chi connectivity index (χ3n) is 4.07. The molecular formula is C16H15N5O. The van der Waals surface area contributed by atoms with Gasteiger partial charge >= 0.3 is 0 Å². The van der Waals surface area contributed by atoms with E-state index in [1.807, 2.05) is 28.9 Å². The highest BCUT2D eigenvalue weighted by Crippen LogP contribution is 2.31. The zero-order valence-electron chi connectivity index (χ0n) is 11.9. The number of benzene rings is 1. The zero-order chi connectivity index (χ0) is 15.1. The molecule has 1 unspecified atom stereocenters. The smallest absolute Gasteiger partial charge is 0.249 e. The van der Waals surface area contributed by atoms with Crippen LogP contribution < -0.4 is 11.1 Å². The van der Waals surface area contributed by atoms with Crippen LogP contribution in [0.4, 0.5) is 0 Å².